The Kier molecular flexibility index (Phi) is 6.18. The molecule has 30 heavy (non-hydrogen) atoms. The first kappa shape index (κ1) is 20.2. The Morgan fingerprint density at radius 3 is 2.57 bits per heavy atom. The van der Waals surface area contributed by atoms with Gasteiger partial charge in [0.15, 0.2) is 0 Å². The smallest absolute Gasteiger partial charge is 0.294 e. The van der Waals surface area contributed by atoms with E-state index in [1.54, 1.807) is 11.0 Å². The number of amides is 3. The number of imide groups is 1. The standard InChI is InChI=1S/C23H22N2O4S/c26-21(24-11-4-5-12-24)15-25-22(27)20(30-23(25)28)14-18-9-6-10-19(13-18)29-16-17-7-2-1-3-8-17/h1-3,6-10,13-14H,4-5,11-12,15-16H2/b20-14-. The zero-order valence-electron chi connectivity index (χ0n) is 16.5. The monoisotopic (exact) mass is 422 g/mol. The molecule has 2 aliphatic rings. The number of benzene rings is 2. The molecule has 4 rings (SSSR count). The highest BCUT2D eigenvalue weighted by molar-refractivity contribution is 8.18. The summed E-state index contributed by atoms with van der Waals surface area (Å²) < 4.78 is 5.83. The number of rotatable bonds is 6. The summed E-state index contributed by atoms with van der Waals surface area (Å²) in [7, 11) is 0. The van der Waals surface area contributed by atoms with E-state index in [2.05, 4.69) is 0 Å². The van der Waals surface area contributed by atoms with Crippen LogP contribution in [0.5, 0.6) is 5.75 Å². The van der Waals surface area contributed by atoms with E-state index in [4.69, 9.17) is 4.74 Å². The summed E-state index contributed by atoms with van der Waals surface area (Å²) >= 11 is 0.864. The molecule has 2 aromatic rings. The fourth-order valence-corrected chi connectivity index (χ4v) is 4.26. The molecule has 0 bridgehead atoms. The summed E-state index contributed by atoms with van der Waals surface area (Å²) in [6.07, 6.45) is 3.60. The lowest BCUT2D eigenvalue weighted by Gasteiger charge is -2.18. The molecule has 6 nitrogen and oxygen atoms in total. The molecular formula is C23H22N2O4S. The molecule has 0 atom stereocenters. The zero-order chi connectivity index (χ0) is 20.9. The molecular weight excluding hydrogens is 400 g/mol. The van der Waals surface area contributed by atoms with Gasteiger partial charge in [0.25, 0.3) is 11.1 Å². The largest absolute Gasteiger partial charge is 0.489 e. The predicted molar refractivity (Wildman–Crippen MR) is 116 cm³/mol. The zero-order valence-corrected chi connectivity index (χ0v) is 17.3. The van der Waals surface area contributed by atoms with Crippen molar-refractivity contribution in [2.75, 3.05) is 19.6 Å². The van der Waals surface area contributed by atoms with Crippen LogP contribution in [0.3, 0.4) is 0 Å². The highest BCUT2D eigenvalue weighted by atomic mass is 32.2. The molecule has 2 aromatic carbocycles. The Morgan fingerprint density at radius 2 is 1.80 bits per heavy atom. The van der Waals surface area contributed by atoms with Crippen LogP contribution >= 0.6 is 11.8 Å². The third-order valence-corrected chi connectivity index (χ3v) is 5.94. The van der Waals surface area contributed by atoms with Crippen molar-refractivity contribution in [2.45, 2.75) is 19.4 Å². The minimum Gasteiger partial charge on any atom is -0.489 e. The van der Waals surface area contributed by atoms with Gasteiger partial charge in [0.2, 0.25) is 5.91 Å². The lowest BCUT2D eigenvalue weighted by molar-refractivity contribution is -0.135. The Morgan fingerprint density at radius 1 is 1.03 bits per heavy atom. The molecule has 0 aromatic heterocycles. The summed E-state index contributed by atoms with van der Waals surface area (Å²) in [5.74, 6) is 0.0801. The molecule has 3 amide bonds. The molecule has 2 fully saturated rings. The number of carbonyl (C=O) groups is 3. The average molecular weight is 423 g/mol. The van der Waals surface area contributed by atoms with Gasteiger partial charge in [-0.1, -0.05) is 42.5 Å². The van der Waals surface area contributed by atoms with Gasteiger partial charge in [-0.3, -0.25) is 19.3 Å². The molecule has 2 saturated heterocycles. The first-order valence-corrected chi connectivity index (χ1v) is 10.7. The topological polar surface area (TPSA) is 66.9 Å². The molecule has 2 heterocycles. The Balaban J connectivity index is 1.42. The van der Waals surface area contributed by atoms with Crippen molar-refractivity contribution in [1.82, 2.24) is 9.80 Å². The van der Waals surface area contributed by atoms with Crippen LogP contribution in [0.2, 0.25) is 0 Å². The van der Waals surface area contributed by atoms with Gasteiger partial charge in [0.1, 0.15) is 18.9 Å². The van der Waals surface area contributed by atoms with Gasteiger partial charge in [0.05, 0.1) is 4.91 Å². The maximum atomic E-state index is 12.7. The highest BCUT2D eigenvalue weighted by Crippen LogP contribution is 2.32. The molecule has 0 aliphatic carbocycles. The molecule has 0 unspecified atom stereocenters. The van der Waals surface area contributed by atoms with Crippen molar-refractivity contribution in [3.63, 3.8) is 0 Å². The van der Waals surface area contributed by atoms with E-state index in [0.29, 0.717) is 30.4 Å². The number of ether oxygens (including phenoxy) is 1. The first-order chi connectivity index (χ1) is 14.6. The molecule has 0 N–H and O–H groups in total. The van der Waals surface area contributed by atoms with Gasteiger partial charge in [-0.25, -0.2) is 0 Å². The summed E-state index contributed by atoms with van der Waals surface area (Å²) in [4.78, 5) is 40.4. The van der Waals surface area contributed by atoms with Crippen LogP contribution in [0, 0.1) is 0 Å². The molecule has 0 spiro atoms. The summed E-state index contributed by atoms with van der Waals surface area (Å²) in [6.45, 7) is 1.64. The van der Waals surface area contributed by atoms with Crippen LogP contribution in [-0.4, -0.2) is 46.5 Å². The molecule has 0 radical (unpaired) electrons. The Bertz CT molecular complexity index is 984. The highest BCUT2D eigenvalue weighted by Gasteiger charge is 2.37. The van der Waals surface area contributed by atoms with Crippen LogP contribution in [-0.2, 0) is 16.2 Å². The first-order valence-electron chi connectivity index (χ1n) is 9.90. The van der Waals surface area contributed by atoms with Gasteiger partial charge in [-0.15, -0.1) is 0 Å². The second-order valence-electron chi connectivity index (χ2n) is 7.20. The van der Waals surface area contributed by atoms with Gasteiger partial charge < -0.3 is 9.64 Å². The van der Waals surface area contributed by atoms with Crippen molar-refractivity contribution in [2.24, 2.45) is 0 Å². The fraction of sp³-hybridized carbons (Fsp3) is 0.261. The number of carbonyl (C=O) groups excluding carboxylic acids is 3. The summed E-state index contributed by atoms with van der Waals surface area (Å²) in [5, 5.41) is -0.407. The number of nitrogens with zero attached hydrogens (tertiary/aromatic N) is 2. The van der Waals surface area contributed by atoms with Crippen LogP contribution in [0.15, 0.2) is 59.5 Å². The van der Waals surface area contributed by atoms with E-state index < -0.39 is 11.1 Å². The van der Waals surface area contributed by atoms with E-state index >= 15 is 0 Å². The van der Waals surface area contributed by atoms with Gasteiger partial charge in [0, 0.05) is 13.1 Å². The number of likely N-dealkylation sites (tertiary alicyclic amines) is 1. The fourth-order valence-electron chi connectivity index (χ4n) is 3.42. The van der Waals surface area contributed by atoms with E-state index in [1.165, 1.54) is 0 Å². The van der Waals surface area contributed by atoms with Crippen LogP contribution in [0.1, 0.15) is 24.0 Å². The second kappa shape index (κ2) is 9.17. The van der Waals surface area contributed by atoms with E-state index in [-0.39, 0.29) is 12.5 Å². The SMILES string of the molecule is O=C(CN1C(=O)S/C(=C\c2cccc(OCc3ccccc3)c2)C1=O)N1CCCC1. The summed E-state index contributed by atoms with van der Waals surface area (Å²) in [6, 6.07) is 17.2. The predicted octanol–water partition coefficient (Wildman–Crippen LogP) is 3.92. The number of hydrogen-bond acceptors (Lipinski definition) is 5. The van der Waals surface area contributed by atoms with Crippen molar-refractivity contribution in [3.05, 3.63) is 70.6 Å². The summed E-state index contributed by atoms with van der Waals surface area (Å²) in [5.41, 5.74) is 1.82. The van der Waals surface area contributed by atoms with E-state index in [9.17, 15) is 14.4 Å². The molecule has 154 valence electrons. The van der Waals surface area contributed by atoms with Crippen molar-refractivity contribution in [1.29, 1.82) is 0 Å². The van der Waals surface area contributed by atoms with Crippen molar-refractivity contribution >= 4 is 34.9 Å². The normalized spacial score (nSPS) is 17.8. The maximum Gasteiger partial charge on any atom is 0.294 e. The Labute approximate surface area is 179 Å². The van der Waals surface area contributed by atoms with Gasteiger partial charge >= 0.3 is 0 Å². The van der Waals surface area contributed by atoms with E-state index in [0.717, 1.165) is 40.6 Å². The minimum atomic E-state index is -0.423. The van der Waals surface area contributed by atoms with Gasteiger partial charge in [-0.2, -0.15) is 0 Å². The average Bonchev–Trinajstić information content (AvgIpc) is 3.38. The maximum absolute atomic E-state index is 12.7. The molecule has 2 aliphatic heterocycles. The Hall–Kier alpha value is -3.06. The number of thioether (sulfide) groups is 1. The lowest BCUT2D eigenvalue weighted by Crippen LogP contribution is -2.40. The van der Waals surface area contributed by atoms with Crippen molar-refractivity contribution in [3.8, 4) is 5.75 Å². The number of hydrogen-bond donors (Lipinski definition) is 0. The second-order valence-corrected chi connectivity index (χ2v) is 8.20. The molecule has 0 saturated carbocycles. The third-order valence-electron chi connectivity index (χ3n) is 5.03. The minimum absolute atomic E-state index is 0.174. The van der Waals surface area contributed by atoms with Crippen LogP contribution < -0.4 is 4.74 Å². The van der Waals surface area contributed by atoms with Crippen LogP contribution in [0.25, 0.3) is 6.08 Å². The third kappa shape index (κ3) is 4.74. The lowest BCUT2D eigenvalue weighted by atomic mass is 10.2. The van der Waals surface area contributed by atoms with Crippen LogP contribution in [0.4, 0.5) is 4.79 Å². The van der Waals surface area contributed by atoms with Gasteiger partial charge in [-0.05, 0) is 53.9 Å². The van der Waals surface area contributed by atoms with Crippen molar-refractivity contribution < 1.29 is 19.1 Å². The molecule has 7 heteroatoms. The quantitative estimate of drug-likeness (QED) is 0.660. The van der Waals surface area contributed by atoms with E-state index in [1.807, 2.05) is 54.6 Å².